The van der Waals surface area contributed by atoms with Crippen molar-refractivity contribution in [2.45, 2.75) is 30.7 Å². The van der Waals surface area contributed by atoms with Gasteiger partial charge in [0.15, 0.2) is 5.75 Å². The lowest BCUT2D eigenvalue weighted by molar-refractivity contribution is -0.385. The van der Waals surface area contributed by atoms with Crippen LogP contribution in [0.1, 0.15) is 35.2 Å². The van der Waals surface area contributed by atoms with Gasteiger partial charge in [0, 0.05) is 31.3 Å². The summed E-state index contributed by atoms with van der Waals surface area (Å²) < 4.78 is 27.4. The zero-order valence-corrected chi connectivity index (χ0v) is 16.4. The Morgan fingerprint density at radius 3 is 2.48 bits per heavy atom. The second-order valence-corrected chi connectivity index (χ2v) is 8.62. The highest BCUT2D eigenvalue weighted by Crippen LogP contribution is 2.27. The molecule has 1 saturated heterocycles. The van der Waals surface area contributed by atoms with Crippen LogP contribution in [0.15, 0.2) is 47.4 Å². The summed E-state index contributed by atoms with van der Waals surface area (Å²) in [7, 11) is -3.66. The second kappa shape index (κ2) is 8.58. The van der Waals surface area contributed by atoms with Crippen molar-refractivity contribution < 1.29 is 23.2 Å². The first-order chi connectivity index (χ1) is 13.8. The third-order valence-electron chi connectivity index (χ3n) is 4.78. The molecule has 29 heavy (non-hydrogen) atoms. The molecule has 2 N–H and O–H groups in total. The first-order valence-corrected chi connectivity index (χ1v) is 10.6. The highest BCUT2D eigenvalue weighted by Gasteiger charge is 2.28. The quantitative estimate of drug-likeness (QED) is 0.546. The molecule has 1 fully saturated rings. The Morgan fingerprint density at radius 1 is 1.14 bits per heavy atom. The normalized spacial score (nSPS) is 15.0. The Hall–Kier alpha value is -2.98. The summed E-state index contributed by atoms with van der Waals surface area (Å²) in [5, 5.41) is 23.0. The van der Waals surface area contributed by atoms with E-state index in [-0.39, 0.29) is 17.0 Å². The summed E-state index contributed by atoms with van der Waals surface area (Å²) >= 11 is 0. The molecule has 154 valence electrons. The highest BCUT2D eigenvalue weighted by molar-refractivity contribution is 7.89. The third-order valence-corrected chi connectivity index (χ3v) is 6.78. The molecule has 3 rings (SSSR count). The lowest BCUT2D eigenvalue weighted by Crippen LogP contribution is -2.36. The van der Waals surface area contributed by atoms with Gasteiger partial charge >= 0.3 is 5.69 Å². The van der Waals surface area contributed by atoms with Crippen LogP contribution >= 0.6 is 0 Å². The molecule has 0 aromatic heterocycles. The first-order valence-electron chi connectivity index (χ1n) is 9.14. The Kier molecular flexibility index (Phi) is 6.14. The number of nitro groups is 1. The summed E-state index contributed by atoms with van der Waals surface area (Å²) in [6.07, 6.45) is 2.65. The van der Waals surface area contributed by atoms with Gasteiger partial charge in [-0.3, -0.25) is 14.9 Å². The van der Waals surface area contributed by atoms with Crippen LogP contribution in [0.2, 0.25) is 0 Å². The van der Waals surface area contributed by atoms with E-state index < -0.39 is 32.3 Å². The van der Waals surface area contributed by atoms with E-state index in [9.17, 15) is 28.4 Å². The van der Waals surface area contributed by atoms with Gasteiger partial charge in [0.1, 0.15) is 0 Å². The van der Waals surface area contributed by atoms with Gasteiger partial charge in [0.25, 0.3) is 5.91 Å². The van der Waals surface area contributed by atoms with E-state index in [0.717, 1.165) is 31.4 Å². The number of nitro benzene ring substituents is 1. The number of piperidine rings is 1. The van der Waals surface area contributed by atoms with Gasteiger partial charge in [0.05, 0.1) is 9.82 Å². The van der Waals surface area contributed by atoms with Crippen molar-refractivity contribution in [1.29, 1.82) is 0 Å². The number of amides is 1. The summed E-state index contributed by atoms with van der Waals surface area (Å²) in [6, 6.07) is 9.74. The van der Waals surface area contributed by atoms with Gasteiger partial charge in [0.2, 0.25) is 10.0 Å². The van der Waals surface area contributed by atoms with Crippen LogP contribution in [0.25, 0.3) is 0 Å². The number of rotatable bonds is 6. The molecule has 0 atom stereocenters. The molecule has 10 heteroatoms. The van der Waals surface area contributed by atoms with Crippen LogP contribution in [-0.4, -0.2) is 41.7 Å². The zero-order valence-electron chi connectivity index (χ0n) is 15.6. The summed E-state index contributed by atoms with van der Waals surface area (Å²) in [6.45, 7) is 0.913. The largest absolute Gasteiger partial charge is 0.502 e. The van der Waals surface area contributed by atoms with Gasteiger partial charge in [-0.05, 0) is 36.6 Å². The molecule has 0 bridgehead atoms. The van der Waals surface area contributed by atoms with Crippen molar-refractivity contribution in [2.75, 3.05) is 13.1 Å². The van der Waals surface area contributed by atoms with Gasteiger partial charge in [-0.25, -0.2) is 8.42 Å². The minimum atomic E-state index is -3.66. The summed E-state index contributed by atoms with van der Waals surface area (Å²) in [5.74, 6) is -1.20. The SMILES string of the molecule is O=C(NCc1ccccc1S(=O)(=O)N1CCCCC1)c1ccc([N+](=O)[O-])c(O)c1. The topological polar surface area (TPSA) is 130 Å². The van der Waals surface area contributed by atoms with Crippen molar-refractivity contribution in [1.82, 2.24) is 9.62 Å². The van der Waals surface area contributed by atoms with Crippen molar-refractivity contribution in [2.24, 2.45) is 0 Å². The molecule has 0 spiro atoms. The predicted molar refractivity (Wildman–Crippen MR) is 105 cm³/mol. The maximum atomic E-state index is 13.0. The molecule has 0 aliphatic carbocycles. The van der Waals surface area contributed by atoms with E-state index in [1.54, 1.807) is 18.2 Å². The molecule has 2 aromatic carbocycles. The molecule has 1 heterocycles. The van der Waals surface area contributed by atoms with Crippen LogP contribution in [0, 0.1) is 10.1 Å². The minimum absolute atomic E-state index is 0.0319. The number of nitrogens with zero attached hydrogens (tertiary/aromatic N) is 2. The average molecular weight is 419 g/mol. The van der Waals surface area contributed by atoms with Crippen LogP contribution in [-0.2, 0) is 16.6 Å². The molecule has 1 amide bonds. The number of benzene rings is 2. The summed E-state index contributed by atoms with van der Waals surface area (Å²) in [5.41, 5.74) is -0.0263. The number of phenolic OH excluding ortho intramolecular Hbond substituents is 1. The summed E-state index contributed by atoms with van der Waals surface area (Å²) in [4.78, 5) is 22.5. The maximum Gasteiger partial charge on any atom is 0.310 e. The fourth-order valence-electron chi connectivity index (χ4n) is 3.24. The number of aromatic hydroxyl groups is 1. The number of phenols is 1. The van der Waals surface area contributed by atoms with Crippen LogP contribution in [0.5, 0.6) is 5.75 Å². The number of nitrogens with one attached hydrogen (secondary N) is 1. The monoisotopic (exact) mass is 419 g/mol. The van der Waals surface area contributed by atoms with E-state index in [4.69, 9.17) is 0 Å². The second-order valence-electron chi connectivity index (χ2n) is 6.72. The molecule has 2 aromatic rings. The maximum absolute atomic E-state index is 13.0. The number of hydrogen-bond donors (Lipinski definition) is 2. The molecular formula is C19H21N3O6S. The van der Waals surface area contributed by atoms with Crippen LogP contribution in [0.4, 0.5) is 5.69 Å². The Morgan fingerprint density at radius 2 is 1.83 bits per heavy atom. The Balaban J connectivity index is 1.77. The van der Waals surface area contributed by atoms with E-state index in [2.05, 4.69) is 5.32 Å². The third kappa shape index (κ3) is 4.54. The molecular weight excluding hydrogens is 398 g/mol. The van der Waals surface area contributed by atoms with Crippen molar-refractivity contribution in [3.05, 3.63) is 63.7 Å². The smallest absolute Gasteiger partial charge is 0.310 e. The van der Waals surface area contributed by atoms with E-state index >= 15 is 0 Å². The van der Waals surface area contributed by atoms with Crippen LogP contribution in [0.3, 0.4) is 0 Å². The lowest BCUT2D eigenvalue weighted by atomic mass is 10.1. The fourth-order valence-corrected chi connectivity index (χ4v) is 4.98. The molecule has 0 radical (unpaired) electrons. The minimum Gasteiger partial charge on any atom is -0.502 e. The van der Waals surface area contributed by atoms with Gasteiger partial charge < -0.3 is 10.4 Å². The standard InChI is InChI=1S/C19H21N3O6S/c23-17-12-14(8-9-16(17)22(25)26)19(24)20-13-15-6-2-3-7-18(15)29(27,28)21-10-4-1-5-11-21/h2-3,6-9,12,23H,1,4-5,10-11,13H2,(H,20,24). The van der Waals surface area contributed by atoms with Crippen molar-refractivity contribution in [3.63, 3.8) is 0 Å². The van der Waals surface area contributed by atoms with Crippen LogP contribution < -0.4 is 5.32 Å². The molecule has 0 unspecified atom stereocenters. The number of carbonyl (C=O) groups is 1. The van der Waals surface area contributed by atoms with Crippen molar-refractivity contribution in [3.8, 4) is 5.75 Å². The Labute approximate surface area is 168 Å². The molecule has 1 aliphatic heterocycles. The van der Waals surface area contributed by atoms with E-state index in [1.165, 1.54) is 16.4 Å². The molecule has 1 aliphatic rings. The fraction of sp³-hybridized carbons (Fsp3) is 0.316. The number of sulfonamides is 1. The zero-order chi connectivity index (χ0) is 21.0. The Bertz CT molecular complexity index is 1030. The highest BCUT2D eigenvalue weighted by atomic mass is 32.2. The van der Waals surface area contributed by atoms with E-state index in [0.29, 0.717) is 18.7 Å². The molecule has 9 nitrogen and oxygen atoms in total. The van der Waals surface area contributed by atoms with Crippen molar-refractivity contribution >= 4 is 21.6 Å². The number of carbonyl (C=O) groups excluding carboxylic acids is 1. The van der Waals surface area contributed by atoms with E-state index in [1.807, 2.05) is 0 Å². The van der Waals surface area contributed by atoms with Gasteiger partial charge in [-0.15, -0.1) is 0 Å². The predicted octanol–water partition coefficient (Wildman–Crippen LogP) is 2.41. The average Bonchev–Trinajstić information content (AvgIpc) is 2.72. The first kappa shape index (κ1) is 20.7. The number of hydrogen-bond acceptors (Lipinski definition) is 6. The molecule has 0 saturated carbocycles. The lowest BCUT2D eigenvalue weighted by Gasteiger charge is -2.26. The van der Waals surface area contributed by atoms with Gasteiger partial charge in [-0.2, -0.15) is 4.31 Å². The van der Waals surface area contributed by atoms with Gasteiger partial charge in [-0.1, -0.05) is 24.6 Å².